The number of nitrogens with zero attached hydrogens (tertiary/aromatic N) is 2. The first-order valence-electron chi connectivity index (χ1n) is 6.25. The molecular weight excluding hydrogens is 262 g/mol. The van der Waals surface area contributed by atoms with Gasteiger partial charge in [-0.1, -0.05) is 0 Å². The maximum Gasteiger partial charge on any atom is 0.116 e. The molecule has 0 aliphatic heterocycles. The van der Waals surface area contributed by atoms with Crippen LogP contribution in [0.25, 0.3) is 0 Å². The van der Waals surface area contributed by atoms with Gasteiger partial charge in [0.25, 0.3) is 0 Å². The van der Waals surface area contributed by atoms with E-state index in [9.17, 15) is 0 Å². The Balaban J connectivity index is 1.93. The van der Waals surface area contributed by atoms with Gasteiger partial charge in [0.05, 0.1) is 16.4 Å². The van der Waals surface area contributed by atoms with Crippen molar-refractivity contribution < 1.29 is 0 Å². The Hall–Kier alpha value is -0.780. The molecule has 2 aromatic heterocycles. The van der Waals surface area contributed by atoms with Crippen LogP contribution in [0.5, 0.6) is 0 Å². The van der Waals surface area contributed by atoms with E-state index in [-0.39, 0.29) is 6.04 Å². The molecule has 1 aliphatic rings. The topological polar surface area (TPSA) is 37.8 Å². The largest absolute Gasteiger partial charge is 0.300 e. The molecule has 1 fully saturated rings. The maximum absolute atomic E-state index is 4.70. The molecule has 1 unspecified atom stereocenters. The Morgan fingerprint density at radius 3 is 2.56 bits per heavy atom. The Morgan fingerprint density at radius 1 is 1.28 bits per heavy atom. The molecular formula is C13H17N3S2. The van der Waals surface area contributed by atoms with Gasteiger partial charge < -0.3 is 5.32 Å². The zero-order valence-electron chi connectivity index (χ0n) is 10.9. The lowest BCUT2D eigenvalue weighted by molar-refractivity contribution is 0.586. The van der Waals surface area contributed by atoms with Gasteiger partial charge in [-0.2, -0.15) is 0 Å². The van der Waals surface area contributed by atoms with Crippen molar-refractivity contribution in [3.05, 3.63) is 31.7 Å². The summed E-state index contributed by atoms with van der Waals surface area (Å²) < 4.78 is 0. The molecule has 0 saturated heterocycles. The molecule has 1 aliphatic carbocycles. The number of thiazole rings is 2. The summed E-state index contributed by atoms with van der Waals surface area (Å²) in [5.74, 6) is 0. The molecule has 1 N–H and O–H groups in total. The summed E-state index contributed by atoms with van der Waals surface area (Å²) in [7, 11) is 0. The summed E-state index contributed by atoms with van der Waals surface area (Å²) in [6, 6.07) is 0.835. The number of hydrogen-bond donors (Lipinski definition) is 1. The van der Waals surface area contributed by atoms with E-state index < -0.39 is 0 Å². The summed E-state index contributed by atoms with van der Waals surface area (Å²) in [6.45, 7) is 6.27. The second-order valence-electron chi connectivity index (χ2n) is 4.86. The van der Waals surface area contributed by atoms with Crippen molar-refractivity contribution in [2.24, 2.45) is 0 Å². The summed E-state index contributed by atoms with van der Waals surface area (Å²) in [5.41, 5.74) is 2.27. The van der Waals surface area contributed by atoms with Crippen LogP contribution >= 0.6 is 22.7 Å². The molecule has 1 saturated carbocycles. The predicted octanol–water partition coefficient (Wildman–Crippen LogP) is 3.37. The van der Waals surface area contributed by atoms with E-state index in [0.29, 0.717) is 6.04 Å². The van der Waals surface area contributed by atoms with E-state index in [1.165, 1.54) is 17.7 Å². The minimum atomic E-state index is 0.180. The fraction of sp³-hybridized carbons (Fsp3) is 0.538. The van der Waals surface area contributed by atoms with E-state index in [1.54, 1.807) is 22.7 Å². The normalized spacial score (nSPS) is 17.1. The Morgan fingerprint density at radius 2 is 2.06 bits per heavy atom. The standard InChI is InChI=1S/C13H17N3S2/c1-7-8(2)18-13(14-7)12(16-10-4-5-10)11-6-17-9(3)15-11/h6,10,12,16H,4-5H2,1-3H3. The molecule has 0 bridgehead atoms. The SMILES string of the molecule is Cc1nc(C(NC2CC2)c2nc(C)c(C)s2)cs1. The summed E-state index contributed by atoms with van der Waals surface area (Å²) in [4.78, 5) is 10.6. The van der Waals surface area contributed by atoms with Crippen LogP contribution in [0, 0.1) is 20.8 Å². The zero-order chi connectivity index (χ0) is 12.7. The van der Waals surface area contributed by atoms with Crippen LogP contribution in [0.15, 0.2) is 5.38 Å². The Labute approximate surface area is 115 Å². The van der Waals surface area contributed by atoms with Gasteiger partial charge in [0.15, 0.2) is 0 Å². The van der Waals surface area contributed by atoms with Crippen molar-refractivity contribution >= 4 is 22.7 Å². The first-order valence-corrected chi connectivity index (χ1v) is 7.95. The number of nitrogens with one attached hydrogen (secondary N) is 1. The fourth-order valence-electron chi connectivity index (χ4n) is 1.90. The first-order chi connectivity index (χ1) is 8.63. The van der Waals surface area contributed by atoms with Gasteiger partial charge >= 0.3 is 0 Å². The Kier molecular flexibility index (Phi) is 3.21. The lowest BCUT2D eigenvalue weighted by Gasteiger charge is -2.13. The second kappa shape index (κ2) is 4.72. The third kappa shape index (κ3) is 2.48. The van der Waals surface area contributed by atoms with Gasteiger partial charge in [0.2, 0.25) is 0 Å². The molecule has 2 heterocycles. The average Bonchev–Trinajstić information content (AvgIpc) is 2.96. The van der Waals surface area contributed by atoms with Crippen LogP contribution in [0.1, 0.15) is 45.2 Å². The number of hydrogen-bond acceptors (Lipinski definition) is 5. The van der Waals surface area contributed by atoms with Crippen molar-refractivity contribution in [2.75, 3.05) is 0 Å². The van der Waals surface area contributed by atoms with Crippen LogP contribution in [0.3, 0.4) is 0 Å². The van der Waals surface area contributed by atoms with Crippen LogP contribution in [0.2, 0.25) is 0 Å². The lowest BCUT2D eigenvalue weighted by atomic mass is 10.2. The molecule has 18 heavy (non-hydrogen) atoms. The number of aromatic nitrogens is 2. The highest BCUT2D eigenvalue weighted by atomic mass is 32.1. The zero-order valence-corrected chi connectivity index (χ0v) is 12.5. The molecule has 0 amide bonds. The smallest absolute Gasteiger partial charge is 0.116 e. The highest BCUT2D eigenvalue weighted by Gasteiger charge is 2.29. The molecule has 3 rings (SSSR count). The van der Waals surface area contributed by atoms with Gasteiger partial charge in [-0.05, 0) is 33.6 Å². The summed E-state index contributed by atoms with van der Waals surface area (Å²) in [6.07, 6.45) is 2.56. The second-order valence-corrected chi connectivity index (χ2v) is 7.16. The molecule has 0 aromatic carbocycles. The molecule has 0 spiro atoms. The number of rotatable bonds is 4. The molecule has 96 valence electrons. The highest BCUT2D eigenvalue weighted by Crippen LogP contribution is 2.32. The minimum Gasteiger partial charge on any atom is -0.300 e. The first kappa shape index (κ1) is 12.3. The van der Waals surface area contributed by atoms with Gasteiger partial charge in [-0.15, -0.1) is 22.7 Å². The predicted molar refractivity (Wildman–Crippen MR) is 76.4 cm³/mol. The minimum absolute atomic E-state index is 0.180. The monoisotopic (exact) mass is 279 g/mol. The van der Waals surface area contributed by atoms with Crippen LogP contribution < -0.4 is 5.32 Å². The van der Waals surface area contributed by atoms with E-state index in [2.05, 4.69) is 36.5 Å². The molecule has 2 aromatic rings. The van der Waals surface area contributed by atoms with Crippen molar-refractivity contribution in [3.8, 4) is 0 Å². The van der Waals surface area contributed by atoms with Crippen molar-refractivity contribution in [1.82, 2.24) is 15.3 Å². The Bertz CT molecular complexity index is 535. The molecule has 0 radical (unpaired) electrons. The van der Waals surface area contributed by atoms with Gasteiger partial charge in [0, 0.05) is 16.3 Å². The maximum atomic E-state index is 4.70. The van der Waals surface area contributed by atoms with Crippen LogP contribution in [-0.2, 0) is 0 Å². The van der Waals surface area contributed by atoms with Crippen molar-refractivity contribution in [1.29, 1.82) is 0 Å². The van der Waals surface area contributed by atoms with Crippen LogP contribution in [-0.4, -0.2) is 16.0 Å². The van der Waals surface area contributed by atoms with Crippen LogP contribution in [0.4, 0.5) is 0 Å². The third-order valence-corrected chi connectivity index (χ3v) is 5.13. The highest BCUT2D eigenvalue weighted by molar-refractivity contribution is 7.12. The lowest BCUT2D eigenvalue weighted by Crippen LogP contribution is -2.24. The van der Waals surface area contributed by atoms with Crippen molar-refractivity contribution in [2.45, 2.75) is 45.7 Å². The van der Waals surface area contributed by atoms with E-state index in [4.69, 9.17) is 4.98 Å². The van der Waals surface area contributed by atoms with Gasteiger partial charge in [-0.25, -0.2) is 9.97 Å². The van der Waals surface area contributed by atoms with E-state index in [1.807, 2.05) is 0 Å². The third-order valence-electron chi connectivity index (χ3n) is 3.20. The molecule has 5 heteroatoms. The van der Waals surface area contributed by atoms with E-state index in [0.717, 1.165) is 21.4 Å². The number of aryl methyl sites for hydroxylation is 3. The van der Waals surface area contributed by atoms with Gasteiger partial charge in [-0.3, -0.25) is 0 Å². The summed E-state index contributed by atoms with van der Waals surface area (Å²) in [5, 5.41) is 8.10. The molecule has 3 nitrogen and oxygen atoms in total. The fourth-order valence-corrected chi connectivity index (χ4v) is 3.54. The quantitative estimate of drug-likeness (QED) is 0.932. The summed E-state index contributed by atoms with van der Waals surface area (Å²) >= 11 is 3.50. The average molecular weight is 279 g/mol. The van der Waals surface area contributed by atoms with E-state index >= 15 is 0 Å². The molecule has 1 atom stereocenters. The van der Waals surface area contributed by atoms with Gasteiger partial charge in [0.1, 0.15) is 11.0 Å². The van der Waals surface area contributed by atoms with Crippen molar-refractivity contribution in [3.63, 3.8) is 0 Å².